The number of methoxy groups -OCH3 is 1. The van der Waals surface area contributed by atoms with E-state index in [2.05, 4.69) is 0 Å². The Morgan fingerprint density at radius 1 is 1.04 bits per heavy atom. The molecule has 152 valence electrons. The van der Waals surface area contributed by atoms with E-state index >= 15 is 0 Å². The molecule has 6 nitrogen and oxygen atoms in total. The van der Waals surface area contributed by atoms with Crippen LogP contribution in [0.2, 0.25) is 0 Å². The first-order valence-corrected chi connectivity index (χ1v) is 10.7. The van der Waals surface area contributed by atoms with Gasteiger partial charge in [-0.25, -0.2) is 0 Å². The van der Waals surface area contributed by atoms with E-state index in [1.165, 1.54) is 6.92 Å². The van der Waals surface area contributed by atoms with Crippen LogP contribution in [0.25, 0.3) is 0 Å². The van der Waals surface area contributed by atoms with Gasteiger partial charge < -0.3 is 13.8 Å². The highest BCUT2D eigenvalue weighted by Gasteiger charge is 2.18. The number of nitrogens with zero attached hydrogens (tertiary/aromatic N) is 1. The highest BCUT2D eigenvalue weighted by molar-refractivity contribution is 7.87. The summed E-state index contributed by atoms with van der Waals surface area (Å²) in [7, 11) is -1.99. The number of carbonyl (C=O) groups is 1. The van der Waals surface area contributed by atoms with Crippen LogP contribution in [0.1, 0.15) is 31.9 Å². The predicted molar refractivity (Wildman–Crippen MR) is 109 cm³/mol. The van der Waals surface area contributed by atoms with Crippen LogP contribution in [0.15, 0.2) is 48.5 Å². The molecule has 0 saturated heterocycles. The molecule has 0 aliphatic carbocycles. The van der Waals surface area contributed by atoms with Crippen LogP contribution in [-0.2, 0) is 27.9 Å². The first kappa shape index (κ1) is 21.8. The number of hydrogen-bond donors (Lipinski definition) is 0. The number of rotatable bonds is 9. The van der Waals surface area contributed by atoms with Gasteiger partial charge in [-0.2, -0.15) is 8.42 Å². The summed E-state index contributed by atoms with van der Waals surface area (Å²) in [5.74, 6) is 0.893. The van der Waals surface area contributed by atoms with E-state index in [4.69, 9.17) is 8.92 Å². The van der Waals surface area contributed by atoms with Crippen molar-refractivity contribution in [3.8, 4) is 11.5 Å². The minimum absolute atomic E-state index is 0.00491. The average Bonchev–Trinajstić information content (AvgIpc) is 2.66. The van der Waals surface area contributed by atoms with Gasteiger partial charge in [-0.1, -0.05) is 24.3 Å². The van der Waals surface area contributed by atoms with Crippen LogP contribution in [0.4, 0.5) is 0 Å². The van der Waals surface area contributed by atoms with Gasteiger partial charge in [-0.3, -0.25) is 4.79 Å². The van der Waals surface area contributed by atoms with Crippen molar-refractivity contribution in [2.24, 2.45) is 0 Å². The summed E-state index contributed by atoms with van der Waals surface area (Å²) >= 11 is 0. The maximum Gasteiger partial charge on any atom is 0.308 e. The van der Waals surface area contributed by atoms with Crippen molar-refractivity contribution in [3.63, 3.8) is 0 Å². The fourth-order valence-corrected chi connectivity index (χ4v) is 3.19. The van der Waals surface area contributed by atoms with Gasteiger partial charge in [0.2, 0.25) is 5.91 Å². The van der Waals surface area contributed by atoms with Gasteiger partial charge in [-0.15, -0.1) is 0 Å². The van der Waals surface area contributed by atoms with E-state index in [1.54, 1.807) is 30.2 Å². The molecule has 0 aliphatic rings. The fraction of sp³-hybridized carbons (Fsp3) is 0.381. The summed E-state index contributed by atoms with van der Waals surface area (Å²) in [6, 6.07) is 14.2. The summed E-state index contributed by atoms with van der Waals surface area (Å²) in [4.78, 5) is 14.6. The standard InChI is InChI=1S/C21H27NO5S/c1-5-28(24,25)27-20-8-6-7-18(13-20)15-22(16(2)3)21(23)14-17-9-11-19(26-4)12-10-17/h6-13,16H,5,14-15H2,1-4H3. The first-order chi connectivity index (χ1) is 13.2. The van der Waals surface area contributed by atoms with E-state index in [1.807, 2.05) is 44.2 Å². The van der Waals surface area contributed by atoms with Crippen molar-refractivity contribution in [1.29, 1.82) is 0 Å². The largest absolute Gasteiger partial charge is 0.497 e. The quantitative estimate of drug-likeness (QED) is 0.598. The highest BCUT2D eigenvalue weighted by atomic mass is 32.2. The van der Waals surface area contributed by atoms with Gasteiger partial charge in [0.25, 0.3) is 0 Å². The van der Waals surface area contributed by atoms with Crippen LogP contribution in [-0.4, -0.2) is 38.1 Å². The molecular weight excluding hydrogens is 378 g/mol. The monoisotopic (exact) mass is 405 g/mol. The molecule has 0 fully saturated rings. The molecule has 1 amide bonds. The normalized spacial score (nSPS) is 11.3. The topological polar surface area (TPSA) is 72.9 Å². The van der Waals surface area contributed by atoms with Gasteiger partial charge in [-0.05, 0) is 56.2 Å². The summed E-state index contributed by atoms with van der Waals surface area (Å²) in [5, 5.41) is 0. The predicted octanol–water partition coefficient (Wildman–Crippen LogP) is 3.40. The van der Waals surface area contributed by atoms with Crippen LogP contribution >= 0.6 is 0 Å². The average molecular weight is 406 g/mol. The SMILES string of the molecule is CCS(=O)(=O)Oc1cccc(CN(C(=O)Cc2ccc(OC)cc2)C(C)C)c1. The Morgan fingerprint density at radius 2 is 1.71 bits per heavy atom. The van der Waals surface area contributed by atoms with E-state index in [-0.39, 0.29) is 29.9 Å². The smallest absolute Gasteiger partial charge is 0.308 e. The molecule has 0 saturated carbocycles. The fourth-order valence-electron chi connectivity index (χ4n) is 2.68. The molecule has 7 heteroatoms. The molecule has 0 unspecified atom stereocenters. The second kappa shape index (κ2) is 9.59. The van der Waals surface area contributed by atoms with Crippen LogP contribution < -0.4 is 8.92 Å². The first-order valence-electron chi connectivity index (χ1n) is 9.17. The third-order valence-corrected chi connectivity index (χ3v) is 5.44. The summed E-state index contributed by atoms with van der Waals surface area (Å²) in [6.07, 6.45) is 0.280. The number of hydrogen-bond acceptors (Lipinski definition) is 5. The molecule has 0 spiro atoms. The zero-order valence-electron chi connectivity index (χ0n) is 16.7. The summed E-state index contributed by atoms with van der Waals surface area (Å²) < 4.78 is 33.6. The molecule has 0 heterocycles. The van der Waals surface area contributed by atoms with E-state index in [0.717, 1.165) is 16.9 Å². The molecule has 0 N–H and O–H groups in total. The molecule has 2 aromatic rings. The summed E-state index contributed by atoms with van der Waals surface area (Å²) in [6.45, 7) is 5.80. The molecular formula is C21H27NO5S. The van der Waals surface area contributed by atoms with E-state index in [9.17, 15) is 13.2 Å². The molecule has 2 aromatic carbocycles. The number of carbonyl (C=O) groups excluding carboxylic acids is 1. The molecule has 0 bridgehead atoms. The molecule has 2 rings (SSSR count). The highest BCUT2D eigenvalue weighted by Crippen LogP contribution is 2.19. The second-order valence-electron chi connectivity index (χ2n) is 6.72. The lowest BCUT2D eigenvalue weighted by Gasteiger charge is -2.27. The molecule has 0 radical (unpaired) electrons. The minimum atomic E-state index is -3.59. The molecule has 0 aromatic heterocycles. The van der Waals surface area contributed by atoms with Gasteiger partial charge in [0.05, 0.1) is 19.3 Å². The third-order valence-electron chi connectivity index (χ3n) is 4.29. The van der Waals surface area contributed by atoms with Gasteiger partial charge in [0.15, 0.2) is 0 Å². The van der Waals surface area contributed by atoms with Gasteiger partial charge in [0, 0.05) is 12.6 Å². The van der Waals surface area contributed by atoms with Crippen LogP contribution in [0.5, 0.6) is 11.5 Å². The lowest BCUT2D eigenvalue weighted by molar-refractivity contribution is -0.132. The maximum absolute atomic E-state index is 12.8. The lowest BCUT2D eigenvalue weighted by Crippen LogP contribution is -2.37. The van der Waals surface area contributed by atoms with E-state index < -0.39 is 10.1 Å². The molecule has 0 atom stereocenters. The third kappa shape index (κ3) is 6.27. The number of ether oxygens (including phenoxy) is 1. The number of benzene rings is 2. The Morgan fingerprint density at radius 3 is 2.29 bits per heavy atom. The van der Waals surface area contributed by atoms with Crippen molar-refractivity contribution in [1.82, 2.24) is 4.90 Å². The second-order valence-corrected chi connectivity index (χ2v) is 8.58. The molecule has 0 aliphatic heterocycles. The van der Waals surface area contributed by atoms with Gasteiger partial charge in [0.1, 0.15) is 11.5 Å². The van der Waals surface area contributed by atoms with Crippen molar-refractivity contribution >= 4 is 16.0 Å². The van der Waals surface area contributed by atoms with Gasteiger partial charge >= 0.3 is 10.1 Å². The Balaban J connectivity index is 2.12. The Bertz CT molecular complexity index is 891. The Kier molecular flexibility index (Phi) is 7.45. The van der Waals surface area contributed by atoms with Crippen molar-refractivity contribution in [2.45, 2.75) is 39.8 Å². The maximum atomic E-state index is 12.8. The van der Waals surface area contributed by atoms with Crippen molar-refractivity contribution in [2.75, 3.05) is 12.9 Å². The Labute approximate surface area is 167 Å². The Hall–Kier alpha value is -2.54. The van der Waals surface area contributed by atoms with Crippen molar-refractivity contribution in [3.05, 3.63) is 59.7 Å². The molecule has 28 heavy (non-hydrogen) atoms. The zero-order valence-corrected chi connectivity index (χ0v) is 17.5. The van der Waals surface area contributed by atoms with Crippen LogP contribution in [0.3, 0.4) is 0 Å². The van der Waals surface area contributed by atoms with Crippen LogP contribution in [0, 0.1) is 0 Å². The summed E-state index contributed by atoms with van der Waals surface area (Å²) in [5.41, 5.74) is 1.71. The minimum Gasteiger partial charge on any atom is -0.497 e. The van der Waals surface area contributed by atoms with Crippen molar-refractivity contribution < 1.29 is 22.1 Å². The zero-order chi connectivity index (χ0) is 20.7. The lowest BCUT2D eigenvalue weighted by atomic mass is 10.1. The van der Waals surface area contributed by atoms with E-state index in [0.29, 0.717) is 6.54 Å². The number of amides is 1.